The number of hydrogen-bond acceptors (Lipinski definition) is 6. The Labute approximate surface area is 127 Å². The van der Waals surface area contributed by atoms with Crippen molar-refractivity contribution in [3.63, 3.8) is 0 Å². The monoisotopic (exact) mass is 304 g/mol. The Morgan fingerprint density at radius 2 is 1.91 bits per heavy atom. The maximum absolute atomic E-state index is 12.1. The summed E-state index contributed by atoms with van der Waals surface area (Å²) >= 11 is 0. The van der Waals surface area contributed by atoms with E-state index >= 15 is 0 Å². The van der Waals surface area contributed by atoms with Crippen LogP contribution in [-0.2, 0) is 9.53 Å². The first kappa shape index (κ1) is 15.6. The molecule has 116 valence electrons. The lowest BCUT2D eigenvalue weighted by Gasteiger charge is -2.23. The Morgan fingerprint density at radius 1 is 1.27 bits per heavy atom. The number of hydrogen-bond donors (Lipinski definition) is 1. The predicted octanol–water partition coefficient (Wildman–Crippen LogP) is 1.95. The smallest absolute Gasteiger partial charge is 0.336 e. The van der Waals surface area contributed by atoms with Gasteiger partial charge >= 0.3 is 5.97 Å². The van der Waals surface area contributed by atoms with E-state index in [9.17, 15) is 14.9 Å². The molecule has 0 aliphatic carbocycles. The Hall–Kier alpha value is -2.83. The fourth-order valence-electron chi connectivity index (χ4n) is 2.38. The van der Waals surface area contributed by atoms with Crippen molar-refractivity contribution < 1.29 is 19.2 Å². The minimum Gasteiger partial charge on any atom is -0.497 e. The Balaban J connectivity index is 2.55. The molecule has 0 amide bonds. The molecular weight excluding hydrogens is 288 g/mol. The topological polar surface area (TPSA) is 90.7 Å². The molecule has 0 aromatic heterocycles. The van der Waals surface area contributed by atoms with E-state index in [0.717, 1.165) is 0 Å². The number of ether oxygens (including phenoxy) is 2. The second-order valence-corrected chi connectivity index (χ2v) is 4.71. The number of dihydropyridines is 1. The van der Waals surface area contributed by atoms with Gasteiger partial charge < -0.3 is 14.8 Å². The lowest BCUT2D eigenvalue weighted by molar-refractivity contribution is -0.429. The highest BCUT2D eigenvalue weighted by molar-refractivity contribution is 5.92. The third-order valence-corrected chi connectivity index (χ3v) is 3.49. The van der Waals surface area contributed by atoms with Crippen LogP contribution in [0.1, 0.15) is 18.4 Å². The molecule has 1 aromatic carbocycles. The molecular formula is C15H16N2O5. The quantitative estimate of drug-likeness (QED) is 0.519. The van der Waals surface area contributed by atoms with Gasteiger partial charge in [-0.25, -0.2) is 4.79 Å². The fourth-order valence-corrected chi connectivity index (χ4v) is 2.38. The molecule has 1 heterocycles. The number of nitro groups is 1. The van der Waals surface area contributed by atoms with Crippen molar-refractivity contribution >= 4 is 5.97 Å². The van der Waals surface area contributed by atoms with Crippen molar-refractivity contribution in [2.75, 3.05) is 14.2 Å². The van der Waals surface area contributed by atoms with Crippen molar-refractivity contribution in [2.24, 2.45) is 0 Å². The summed E-state index contributed by atoms with van der Waals surface area (Å²) < 4.78 is 9.86. The molecule has 2 rings (SSSR count). The van der Waals surface area contributed by atoms with Crippen molar-refractivity contribution in [3.05, 3.63) is 63.1 Å². The molecule has 0 saturated carbocycles. The zero-order chi connectivity index (χ0) is 16.3. The molecule has 1 aliphatic heterocycles. The van der Waals surface area contributed by atoms with Gasteiger partial charge in [-0.1, -0.05) is 12.1 Å². The van der Waals surface area contributed by atoms with Crippen LogP contribution in [0.25, 0.3) is 0 Å². The van der Waals surface area contributed by atoms with E-state index in [2.05, 4.69) is 5.32 Å². The molecule has 0 saturated heterocycles. The minimum absolute atomic E-state index is 0.115. The van der Waals surface area contributed by atoms with Gasteiger partial charge in [0, 0.05) is 5.70 Å². The third-order valence-electron chi connectivity index (χ3n) is 3.49. The number of nitrogens with one attached hydrogen (secondary N) is 1. The van der Waals surface area contributed by atoms with Crippen molar-refractivity contribution in [3.8, 4) is 5.75 Å². The van der Waals surface area contributed by atoms with E-state index in [4.69, 9.17) is 9.47 Å². The minimum atomic E-state index is -0.797. The second kappa shape index (κ2) is 6.30. The van der Waals surface area contributed by atoms with E-state index in [-0.39, 0.29) is 11.3 Å². The number of carbonyl (C=O) groups excluding carboxylic acids is 1. The summed E-state index contributed by atoms with van der Waals surface area (Å²) in [6, 6.07) is 6.78. The van der Waals surface area contributed by atoms with E-state index in [1.807, 2.05) is 0 Å². The SMILES string of the molecule is COC(=O)C1=C(C)NC=C([N+](=O)[O-])[C@@H]1c1ccc(OC)cc1. The maximum Gasteiger partial charge on any atom is 0.336 e. The van der Waals surface area contributed by atoms with Gasteiger partial charge in [0.15, 0.2) is 0 Å². The molecule has 0 spiro atoms. The summed E-state index contributed by atoms with van der Waals surface area (Å²) in [4.78, 5) is 22.9. The molecule has 1 aliphatic rings. The first-order chi connectivity index (χ1) is 10.5. The van der Waals surface area contributed by atoms with Gasteiger partial charge in [-0.3, -0.25) is 10.1 Å². The molecule has 0 fully saturated rings. The van der Waals surface area contributed by atoms with E-state index in [1.54, 1.807) is 31.2 Å². The Bertz CT molecular complexity index is 661. The van der Waals surface area contributed by atoms with Crippen LogP contribution in [0.2, 0.25) is 0 Å². The van der Waals surface area contributed by atoms with Crippen molar-refractivity contribution in [1.29, 1.82) is 0 Å². The number of methoxy groups -OCH3 is 2. The highest BCUT2D eigenvalue weighted by Crippen LogP contribution is 2.37. The van der Waals surface area contributed by atoms with Crippen molar-refractivity contribution in [2.45, 2.75) is 12.8 Å². The predicted molar refractivity (Wildman–Crippen MR) is 78.7 cm³/mol. The van der Waals surface area contributed by atoms with Crippen LogP contribution in [0.4, 0.5) is 0 Å². The average Bonchev–Trinajstić information content (AvgIpc) is 2.53. The normalized spacial score (nSPS) is 17.4. The molecule has 7 nitrogen and oxygen atoms in total. The average molecular weight is 304 g/mol. The van der Waals surface area contributed by atoms with Gasteiger partial charge in [-0.15, -0.1) is 0 Å². The van der Waals surface area contributed by atoms with Gasteiger partial charge in [0.2, 0.25) is 0 Å². The number of allylic oxidation sites excluding steroid dienone is 2. The van der Waals surface area contributed by atoms with E-state index in [0.29, 0.717) is 17.0 Å². The lowest BCUT2D eigenvalue weighted by atomic mass is 9.85. The standard InChI is InChI=1S/C15H16N2O5/c1-9-13(15(18)22-3)14(12(8-16-9)17(19)20)10-4-6-11(21-2)7-5-10/h4-8,14,16H,1-3H3/t14-/m0/s1. The third kappa shape index (κ3) is 2.78. The lowest BCUT2D eigenvalue weighted by Crippen LogP contribution is -2.28. The number of carbonyl (C=O) groups is 1. The largest absolute Gasteiger partial charge is 0.497 e. The first-order valence-electron chi connectivity index (χ1n) is 6.53. The number of nitrogens with zero attached hydrogens (tertiary/aromatic N) is 1. The molecule has 1 aromatic rings. The molecule has 1 atom stereocenters. The summed E-state index contributed by atoms with van der Waals surface area (Å²) in [7, 11) is 2.78. The summed E-state index contributed by atoms with van der Waals surface area (Å²) in [5, 5.41) is 14.1. The van der Waals surface area contributed by atoms with Crippen LogP contribution in [0.5, 0.6) is 5.75 Å². The summed E-state index contributed by atoms with van der Waals surface area (Å²) in [5.74, 6) is -0.766. The Kier molecular flexibility index (Phi) is 4.45. The Morgan fingerprint density at radius 3 is 2.41 bits per heavy atom. The molecule has 0 radical (unpaired) electrons. The van der Waals surface area contributed by atoms with Crippen LogP contribution >= 0.6 is 0 Å². The van der Waals surface area contributed by atoms with Crippen molar-refractivity contribution in [1.82, 2.24) is 5.32 Å². The van der Waals surface area contributed by atoms with Crippen LogP contribution in [-0.4, -0.2) is 25.1 Å². The summed E-state index contributed by atoms with van der Waals surface area (Å²) in [6.45, 7) is 1.68. The second-order valence-electron chi connectivity index (χ2n) is 4.71. The molecule has 0 unspecified atom stereocenters. The molecule has 7 heteroatoms. The molecule has 1 N–H and O–H groups in total. The van der Waals surface area contributed by atoms with Gasteiger partial charge in [0.25, 0.3) is 5.70 Å². The van der Waals surface area contributed by atoms with Crippen LogP contribution in [0.3, 0.4) is 0 Å². The molecule has 0 bridgehead atoms. The van der Waals surface area contributed by atoms with Gasteiger partial charge in [-0.05, 0) is 24.6 Å². The number of esters is 1. The number of rotatable bonds is 4. The van der Waals surface area contributed by atoms with Crippen LogP contribution < -0.4 is 10.1 Å². The van der Waals surface area contributed by atoms with E-state index in [1.165, 1.54) is 20.4 Å². The van der Waals surface area contributed by atoms with E-state index < -0.39 is 16.8 Å². The maximum atomic E-state index is 12.1. The fraction of sp³-hybridized carbons (Fsp3) is 0.267. The first-order valence-corrected chi connectivity index (χ1v) is 6.53. The van der Waals surface area contributed by atoms with Gasteiger partial charge in [0.1, 0.15) is 11.7 Å². The van der Waals surface area contributed by atoms with Crippen LogP contribution in [0.15, 0.2) is 47.4 Å². The highest BCUT2D eigenvalue weighted by Gasteiger charge is 2.38. The van der Waals surface area contributed by atoms with Gasteiger partial charge in [-0.2, -0.15) is 0 Å². The summed E-state index contributed by atoms with van der Waals surface area (Å²) in [5.41, 5.74) is 1.25. The number of benzene rings is 1. The van der Waals surface area contributed by atoms with Crippen LogP contribution in [0, 0.1) is 10.1 Å². The summed E-state index contributed by atoms with van der Waals surface area (Å²) in [6.07, 6.45) is 1.30. The molecule has 22 heavy (non-hydrogen) atoms. The zero-order valence-electron chi connectivity index (χ0n) is 12.5. The van der Waals surface area contributed by atoms with Gasteiger partial charge in [0.05, 0.1) is 30.9 Å². The highest BCUT2D eigenvalue weighted by atomic mass is 16.6. The zero-order valence-corrected chi connectivity index (χ0v) is 12.5.